The summed E-state index contributed by atoms with van der Waals surface area (Å²) in [7, 11) is 0. The first-order valence-electron chi connectivity index (χ1n) is 7.49. The van der Waals surface area contributed by atoms with Crippen LogP contribution in [-0.2, 0) is 16.0 Å². The molecule has 0 atom stereocenters. The second kappa shape index (κ2) is 8.76. The lowest BCUT2D eigenvalue weighted by molar-refractivity contribution is -0.124. The fraction of sp³-hybridized carbons (Fsp3) is 0.222. The van der Waals surface area contributed by atoms with E-state index in [2.05, 4.69) is 5.32 Å². The van der Waals surface area contributed by atoms with Crippen LogP contribution in [0, 0.1) is 11.6 Å². The topological polar surface area (TPSA) is 55.4 Å². The summed E-state index contributed by atoms with van der Waals surface area (Å²) < 4.78 is 30.6. The lowest BCUT2D eigenvalue weighted by Gasteiger charge is -2.07. The number of benzene rings is 2. The first-order valence-corrected chi connectivity index (χ1v) is 7.49. The highest BCUT2D eigenvalue weighted by atomic mass is 19.2. The van der Waals surface area contributed by atoms with Gasteiger partial charge in [-0.05, 0) is 36.6 Å². The molecule has 2 rings (SSSR count). The van der Waals surface area contributed by atoms with Crippen LogP contribution in [0.4, 0.5) is 8.78 Å². The standard InChI is InChI=1S/C18H17F2NO3/c19-15-9-8-14(11-16(15)20)18(23)24-12-17(22)21-10-4-7-13-5-2-1-3-6-13/h1-3,5-6,8-9,11H,4,7,10,12H2,(H,21,22). The molecule has 24 heavy (non-hydrogen) atoms. The van der Waals surface area contributed by atoms with E-state index in [-0.39, 0.29) is 5.56 Å². The molecule has 2 aromatic carbocycles. The third-order valence-corrected chi connectivity index (χ3v) is 3.30. The summed E-state index contributed by atoms with van der Waals surface area (Å²) in [4.78, 5) is 23.2. The molecule has 6 heteroatoms. The van der Waals surface area contributed by atoms with Gasteiger partial charge in [0.25, 0.3) is 5.91 Å². The van der Waals surface area contributed by atoms with E-state index in [1.165, 1.54) is 5.56 Å². The number of ether oxygens (including phenoxy) is 1. The lowest BCUT2D eigenvalue weighted by atomic mass is 10.1. The summed E-state index contributed by atoms with van der Waals surface area (Å²) in [6.07, 6.45) is 1.59. The molecule has 126 valence electrons. The number of amides is 1. The van der Waals surface area contributed by atoms with Crippen LogP contribution in [0.3, 0.4) is 0 Å². The predicted octanol–water partition coefficient (Wildman–Crippen LogP) is 2.87. The quantitative estimate of drug-likeness (QED) is 0.626. The van der Waals surface area contributed by atoms with Crippen LogP contribution in [0.1, 0.15) is 22.3 Å². The van der Waals surface area contributed by atoms with Crippen molar-refractivity contribution in [3.63, 3.8) is 0 Å². The van der Waals surface area contributed by atoms with Crippen molar-refractivity contribution in [2.24, 2.45) is 0 Å². The van der Waals surface area contributed by atoms with Gasteiger partial charge in [0.1, 0.15) is 0 Å². The number of carbonyl (C=O) groups excluding carboxylic acids is 2. The summed E-state index contributed by atoms with van der Waals surface area (Å²) >= 11 is 0. The zero-order valence-corrected chi connectivity index (χ0v) is 12.9. The number of halogens is 2. The average Bonchev–Trinajstić information content (AvgIpc) is 2.60. The Morgan fingerprint density at radius 3 is 2.46 bits per heavy atom. The number of esters is 1. The fourth-order valence-corrected chi connectivity index (χ4v) is 2.05. The Labute approximate surface area is 138 Å². The van der Waals surface area contributed by atoms with Crippen molar-refractivity contribution < 1.29 is 23.1 Å². The van der Waals surface area contributed by atoms with Crippen LogP contribution in [0.5, 0.6) is 0 Å². The Morgan fingerprint density at radius 1 is 1.00 bits per heavy atom. The van der Waals surface area contributed by atoms with Crippen LogP contribution in [0.15, 0.2) is 48.5 Å². The van der Waals surface area contributed by atoms with Crippen molar-refractivity contribution in [1.82, 2.24) is 5.32 Å². The molecular weight excluding hydrogens is 316 g/mol. The molecule has 0 aromatic heterocycles. The molecule has 1 amide bonds. The predicted molar refractivity (Wildman–Crippen MR) is 84.4 cm³/mol. The Kier molecular flexibility index (Phi) is 6.42. The second-order valence-corrected chi connectivity index (χ2v) is 5.14. The number of rotatable bonds is 7. The number of aryl methyl sites for hydroxylation is 1. The molecule has 0 radical (unpaired) electrons. The van der Waals surface area contributed by atoms with Gasteiger partial charge in [0.05, 0.1) is 5.56 Å². The minimum Gasteiger partial charge on any atom is -0.452 e. The molecule has 0 fully saturated rings. The van der Waals surface area contributed by atoms with Gasteiger partial charge < -0.3 is 10.1 Å². The van der Waals surface area contributed by atoms with Crippen molar-refractivity contribution in [2.75, 3.05) is 13.2 Å². The largest absolute Gasteiger partial charge is 0.452 e. The molecule has 0 aliphatic carbocycles. The third-order valence-electron chi connectivity index (χ3n) is 3.30. The van der Waals surface area contributed by atoms with E-state index in [9.17, 15) is 18.4 Å². The molecule has 1 N–H and O–H groups in total. The molecule has 4 nitrogen and oxygen atoms in total. The minimum atomic E-state index is -1.14. The molecule has 0 spiro atoms. The van der Waals surface area contributed by atoms with Crippen LogP contribution in [0.2, 0.25) is 0 Å². The van der Waals surface area contributed by atoms with E-state index < -0.39 is 30.1 Å². The van der Waals surface area contributed by atoms with E-state index in [1.807, 2.05) is 30.3 Å². The van der Waals surface area contributed by atoms with E-state index in [0.29, 0.717) is 6.54 Å². The van der Waals surface area contributed by atoms with Crippen LogP contribution in [-0.4, -0.2) is 25.0 Å². The van der Waals surface area contributed by atoms with Crippen LogP contribution >= 0.6 is 0 Å². The number of hydrogen-bond donors (Lipinski definition) is 1. The fourth-order valence-electron chi connectivity index (χ4n) is 2.05. The molecule has 2 aromatic rings. The van der Waals surface area contributed by atoms with Gasteiger partial charge in [-0.3, -0.25) is 4.79 Å². The Bertz CT molecular complexity index is 705. The van der Waals surface area contributed by atoms with Gasteiger partial charge in [-0.15, -0.1) is 0 Å². The SMILES string of the molecule is O=C(COC(=O)c1ccc(F)c(F)c1)NCCCc1ccccc1. The molecule has 0 saturated heterocycles. The van der Waals surface area contributed by atoms with Gasteiger partial charge in [0.15, 0.2) is 18.2 Å². The smallest absolute Gasteiger partial charge is 0.338 e. The van der Waals surface area contributed by atoms with E-state index in [4.69, 9.17) is 4.74 Å². The number of nitrogens with one attached hydrogen (secondary N) is 1. The van der Waals surface area contributed by atoms with Gasteiger partial charge in [0, 0.05) is 6.54 Å². The molecule has 0 unspecified atom stereocenters. The molecule has 0 heterocycles. The first kappa shape index (κ1) is 17.6. The summed E-state index contributed by atoms with van der Waals surface area (Å²) in [5.74, 6) is -3.52. The van der Waals surface area contributed by atoms with E-state index in [1.54, 1.807) is 0 Å². The average molecular weight is 333 g/mol. The minimum absolute atomic E-state index is 0.147. The van der Waals surface area contributed by atoms with Crippen LogP contribution < -0.4 is 5.32 Å². The molecule has 0 bridgehead atoms. The maximum atomic E-state index is 13.0. The zero-order valence-electron chi connectivity index (χ0n) is 12.9. The summed E-state index contributed by atoms with van der Waals surface area (Å²) in [6.45, 7) is -0.0143. The summed E-state index contributed by atoms with van der Waals surface area (Å²) in [5.41, 5.74) is 1.03. The molecule has 0 aliphatic heterocycles. The van der Waals surface area contributed by atoms with Crippen LogP contribution in [0.25, 0.3) is 0 Å². The van der Waals surface area contributed by atoms with Crippen molar-refractivity contribution >= 4 is 11.9 Å². The zero-order chi connectivity index (χ0) is 17.4. The normalized spacial score (nSPS) is 10.2. The summed E-state index contributed by atoms with van der Waals surface area (Å²) in [6, 6.07) is 12.5. The number of hydrogen-bond acceptors (Lipinski definition) is 3. The van der Waals surface area contributed by atoms with Gasteiger partial charge in [-0.1, -0.05) is 30.3 Å². The maximum Gasteiger partial charge on any atom is 0.338 e. The third kappa shape index (κ3) is 5.46. The molecule has 0 aliphatic rings. The molecular formula is C18H17F2NO3. The second-order valence-electron chi connectivity index (χ2n) is 5.14. The monoisotopic (exact) mass is 333 g/mol. The van der Waals surface area contributed by atoms with Gasteiger partial charge in [0.2, 0.25) is 0 Å². The highest BCUT2D eigenvalue weighted by Gasteiger charge is 2.12. The highest BCUT2D eigenvalue weighted by Crippen LogP contribution is 2.09. The van der Waals surface area contributed by atoms with E-state index >= 15 is 0 Å². The number of carbonyl (C=O) groups is 2. The lowest BCUT2D eigenvalue weighted by Crippen LogP contribution is -2.29. The van der Waals surface area contributed by atoms with Crippen molar-refractivity contribution in [3.8, 4) is 0 Å². The van der Waals surface area contributed by atoms with Crippen molar-refractivity contribution in [2.45, 2.75) is 12.8 Å². The Balaban J connectivity index is 1.67. The Morgan fingerprint density at radius 2 is 1.75 bits per heavy atom. The van der Waals surface area contributed by atoms with E-state index in [0.717, 1.165) is 31.0 Å². The van der Waals surface area contributed by atoms with Crippen molar-refractivity contribution in [1.29, 1.82) is 0 Å². The van der Waals surface area contributed by atoms with Gasteiger partial charge in [-0.2, -0.15) is 0 Å². The van der Waals surface area contributed by atoms with Gasteiger partial charge in [-0.25, -0.2) is 13.6 Å². The maximum absolute atomic E-state index is 13.0. The van der Waals surface area contributed by atoms with Gasteiger partial charge >= 0.3 is 5.97 Å². The summed E-state index contributed by atoms with van der Waals surface area (Å²) in [5, 5.41) is 2.63. The highest BCUT2D eigenvalue weighted by molar-refractivity contribution is 5.91. The van der Waals surface area contributed by atoms with Crippen molar-refractivity contribution in [3.05, 3.63) is 71.3 Å². The Hall–Kier alpha value is -2.76. The first-order chi connectivity index (χ1) is 11.6. The molecule has 0 saturated carbocycles.